The normalized spacial score (nSPS) is 18.4. The standard InChI is InChI=1S/C17H16ClN3O4S/c18-14-9-19-7-5-17(14)24-12-6-8-21(10-12)26(22,23)11-15-13-3-1-2-4-16(13)25-20-15/h1-5,7,9,12H,6,8,10-11H2/t12-/m1/s1. The average Bonchev–Trinajstić information content (AvgIpc) is 3.25. The van der Waals surface area contributed by atoms with E-state index in [-0.39, 0.29) is 18.4 Å². The van der Waals surface area contributed by atoms with E-state index >= 15 is 0 Å². The summed E-state index contributed by atoms with van der Waals surface area (Å²) in [6, 6.07) is 8.88. The minimum Gasteiger partial charge on any atom is -0.487 e. The molecular weight excluding hydrogens is 378 g/mol. The fraction of sp³-hybridized carbons (Fsp3) is 0.294. The highest BCUT2D eigenvalue weighted by molar-refractivity contribution is 7.88. The van der Waals surface area contributed by atoms with E-state index in [1.807, 2.05) is 12.1 Å². The number of aromatic nitrogens is 2. The molecule has 0 saturated carbocycles. The van der Waals surface area contributed by atoms with E-state index in [1.165, 1.54) is 10.5 Å². The van der Waals surface area contributed by atoms with E-state index < -0.39 is 10.0 Å². The topological polar surface area (TPSA) is 85.5 Å². The molecule has 1 aliphatic heterocycles. The minimum atomic E-state index is -3.52. The second kappa shape index (κ2) is 6.86. The first-order valence-corrected chi connectivity index (χ1v) is 10.1. The van der Waals surface area contributed by atoms with Crippen molar-refractivity contribution in [2.24, 2.45) is 0 Å². The van der Waals surface area contributed by atoms with Crippen molar-refractivity contribution in [1.82, 2.24) is 14.4 Å². The van der Waals surface area contributed by atoms with Gasteiger partial charge in [0.1, 0.15) is 28.3 Å². The van der Waals surface area contributed by atoms with Crippen LogP contribution in [0.5, 0.6) is 5.75 Å². The Labute approximate surface area is 155 Å². The number of pyridine rings is 1. The van der Waals surface area contributed by atoms with Crippen molar-refractivity contribution in [2.75, 3.05) is 13.1 Å². The van der Waals surface area contributed by atoms with Crippen molar-refractivity contribution < 1.29 is 17.7 Å². The van der Waals surface area contributed by atoms with Gasteiger partial charge >= 0.3 is 0 Å². The van der Waals surface area contributed by atoms with Crippen LogP contribution in [0.2, 0.25) is 5.02 Å². The van der Waals surface area contributed by atoms with Crippen molar-refractivity contribution in [3.05, 3.63) is 53.4 Å². The monoisotopic (exact) mass is 393 g/mol. The highest BCUT2D eigenvalue weighted by atomic mass is 35.5. The number of para-hydroxylation sites is 1. The summed E-state index contributed by atoms with van der Waals surface area (Å²) in [5.41, 5.74) is 0.995. The maximum Gasteiger partial charge on any atom is 0.220 e. The lowest BCUT2D eigenvalue weighted by Gasteiger charge is -2.17. The molecule has 7 nitrogen and oxygen atoms in total. The summed E-state index contributed by atoms with van der Waals surface area (Å²) in [6.45, 7) is 0.669. The van der Waals surface area contributed by atoms with Crippen LogP contribution >= 0.6 is 11.6 Å². The molecule has 0 unspecified atom stereocenters. The Kier molecular flexibility index (Phi) is 4.56. The van der Waals surface area contributed by atoms with Gasteiger partial charge in [0.05, 0.1) is 6.54 Å². The average molecular weight is 394 g/mol. The maximum absolute atomic E-state index is 12.8. The van der Waals surface area contributed by atoms with Crippen LogP contribution in [0.25, 0.3) is 11.0 Å². The summed E-state index contributed by atoms with van der Waals surface area (Å²) >= 11 is 6.04. The van der Waals surface area contributed by atoms with Crippen molar-refractivity contribution in [2.45, 2.75) is 18.3 Å². The van der Waals surface area contributed by atoms with Gasteiger partial charge in [-0.2, -0.15) is 4.31 Å². The van der Waals surface area contributed by atoms with E-state index in [2.05, 4.69) is 10.1 Å². The zero-order valence-electron chi connectivity index (χ0n) is 13.7. The zero-order valence-corrected chi connectivity index (χ0v) is 15.3. The van der Waals surface area contributed by atoms with Gasteiger partial charge in [-0.05, 0) is 18.6 Å². The highest BCUT2D eigenvalue weighted by Crippen LogP contribution is 2.27. The number of halogens is 1. The molecule has 136 valence electrons. The van der Waals surface area contributed by atoms with Gasteiger partial charge in [0.2, 0.25) is 10.0 Å². The molecule has 2 aromatic heterocycles. The van der Waals surface area contributed by atoms with Crippen molar-refractivity contribution >= 4 is 32.6 Å². The Morgan fingerprint density at radius 1 is 1.31 bits per heavy atom. The van der Waals surface area contributed by atoms with Gasteiger partial charge in [-0.3, -0.25) is 4.98 Å². The van der Waals surface area contributed by atoms with Gasteiger partial charge in [0, 0.05) is 30.4 Å². The molecule has 0 N–H and O–H groups in total. The van der Waals surface area contributed by atoms with E-state index in [0.29, 0.717) is 40.4 Å². The van der Waals surface area contributed by atoms with Crippen LogP contribution in [-0.4, -0.2) is 42.1 Å². The number of nitrogens with zero attached hydrogens (tertiary/aromatic N) is 3. The van der Waals surface area contributed by atoms with Crippen molar-refractivity contribution in [3.8, 4) is 5.75 Å². The number of hydrogen-bond donors (Lipinski definition) is 0. The number of sulfonamides is 1. The number of ether oxygens (including phenoxy) is 1. The van der Waals surface area contributed by atoms with E-state index in [0.717, 1.165) is 0 Å². The molecule has 4 rings (SSSR count). The number of benzene rings is 1. The van der Waals surface area contributed by atoms with Gasteiger partial charge in [0.25, 0.3) is 0 Å². The third kappa shape index (κ3) is 3.40. The Balaban J connectivity index is 1.46. The molecule has 1 fully saturated rings. The van der Waals surface area contributed by atoms with Gasteiger partial charge in [-0.1, -0.05) is 28.9 Å². The fourth-order valence-electron chi connectivity index (χ4n) is 2.99. The first-order valence-electron chi connectivity index (χ1n) is 8.10. The predicted molar refractivity (Wildman–Crippen MR) is 96.5 cm³/mol. The molecule has 1 aromatic carbocycles. The summed E-state index contributed by atoms with van der Waals surface area (Å²) in [6.07, 6.45) is 3.42. The SMILES string of the molecule is O=S(=O)(Cc1noc2ccccc12)N1CC[C@@H](Oc2ccncc2Cl)C1. The van der Waals surface area contributed by atoms with Crippen LogP contribution in [0.3, 0.4) is 0 Å². The Bertz CT molecular complexity index is 1040. The van der Waals surface area contributed by atoms with Crippen LogP contribution in [0.1, 0.15) is 12.1 Å². The Morgan fingerprint density at radius 2 is 2.15 bits per heavy atom. The summed E-state index contributed by atoms with van der Waals surface area (Å²) in [5.74, 6) is 0.306. The summed E-state index contributed by atoms with van der Waals surface area (Å²) in [4.78, 5) is 3.91. The van der Waals surface area contributed by atoms with Gasteiger partial charge in [-0.15, -0.1) is 0 Å². The quantitative estimate of drug-likeness (QED) is 0.662. The van der Waals surface area contributed by atoms with Crippen molar-refractivity contribution in [3.63, 3.8) is 0 Å². The molecule has 0 bridgehead atoms. The molecule has 3 heterocycles. The fourth-order valence-corrected chi connectivity index (χ4v) is 4.67. The highest BCUT2D eigenvalue weighted by Gasteiger charge is 2.33. The van der Waals surface area contributed by atoms with Crippen LogP contribution in [0.15, 0.2) is 47.2 Å². The molecule has 9 heteroatoms. The third-order valence-electron chi connectivity index (χ3n) is 4.30. The molecule has 26 heavy (non-hydrogen) atoms. The molecule has 0 radical (unpaired) electrons. The Morgan fingerprint density at radius 3 is 3.00 bits per heavy atom. The second-order valence-corrected chi connectivity index (χ2v) is 8.45. The van der Waals surface area contributed by atoms with Crippen LogP contribution in [0, 0.1) is 0 Å². The lowest BCUT2D eigenvalue weighted by Crippen LogP contribution is -2.32. The van der Waals surface area contributed by atoms with Crippen LogP contribution < -0.4 is 4.74 Å². The molecule has 0 amide bonds. The van der Waals surface area contributed by atoms with E-state index in [1.54, 1.807) is 24.4 Å². The van der Waals surface area contributed by atoms with Crippen molar-refractivity contribution in [1.29, 1.82) is 0 Å². The Hall–Kier alpha value is -2.16. The predicted octanol–water partition coefficient (Wildman–Crippen LogP) is 2.86. The van der Waals surface area contributed by atoms with E-state index in [4.69, 9.17) is 20.9 Å². The first kappa shape index (κ1) is 17.3. The first-order chi connectivity index (χ1) is 12.5. The molecule has 0 spiro atoms. The van der Waals surface area contributed by atoms with Gasteiger partial charge in [-0.25, -0.2) is 8.42 Å². The molecule has 3 aromatic rings. The molecule has 0 aliphatic carbocycles. The minimum absolute atomic E-state index is 0.202. The largest absolute Gasteiger partial charge is 0.487 e. The zero-order chi connectivity index (χ0) is 18.1. The van der Waals surface area contributed by atoms with Crippen LogP contribution in [-0.2, 0) is 15.8 Å². The smallest absolute Gasteiger partial charge is 0.220 e. The van der Waals surface area contributed by atoms with Crippen LogP contribution in [0.4, 0.5) is 0 Å². The molecule has 1 aliphatic rings. The number of rotatable bonds is 5. The molecular formula is C17H16ClN3O4S. The summed E-state index contributed by atoms with van der Waals surface area (Å²) in [5, 5.41) is 5.03. The summed E-state index contributed by atoms with van der Waals surface area (Å²) < 4.78 is 38.0. The number of hydrogen-bond acceptors (Lipinski definition) is 6. The lowest BCUT2D eigenvalue weighted by molar-refractivity contribution is 0.215. The lowest BCUT2D eigenvalue weighted by atomic mass is 10.2. The van der Waals surface area contributed by atoms with E-state index in [9.17, 15) is 8.42 Å². The molecule has 1 saturated heterocycles. The third-order valence-corrected chi connectivity index (χ3v) is 6.34. The maximum atomic E-state index is 12.8. The summed E-state index contributed by atoms with van der Waals surface area (Å²) in [7, 11) is -3.52. The number of fused-ring (bicyclic) bond motifs is 1. The molecule has 1 atom stereocenters. The van der Waals surface area contributed by atoms with Gasteiger partial charge in [0.15, 0.2) is 5.58 Å². The second-order valence-electron chi connectivity index (χ2n) is 6.07. The van der Waals surface area contributed by atoms with Gasteiger partial charge < -0.3 is 9.26 Å².